The number of aliphatic hydroxyl groups is 1. The van der Waals surface area contributed by atoms with Gasteiger partial charge in [-0.05, 0) is 70.2 Å². The van der Waals surface area contributed by atoms with E-state index in [9.17, 15) is 24.6 Å². The van der Waals surface area contributed by atoms with Crippen molar-refractivity contribution in [2.45, 2.75) is 109 Å². The topological polar surface area (TPSA) is 128 Å². The quantitative estimate of drug-likeness (QED) is 0.362. The van der Waals surface area contributed by atoms with Crippen molar-refractivity contribution in [1.82, 2.24) is 24.9 Å². The van der Waals surface area contributed by atoms with Crippen LogP contribution in [0.5, 0.6) is 0 Å². The first-order chi connectivity index (χ1) is 20.1. The summed E-state index contributed by atoms with van der Waals surface area (Å²) in [7, 11) is 0. The first-order valence-corrected chi connectivity index (χ1v) is 15.5. The van der Waals surface area contributed by atoms with Gasteiger partial charge in [0.15, 0.2) is 0 Å². The highest BCUT2D eigenvalue weighted by Crippen LogP contribution is 2.38. The number of unbranched alkanes of at least 4 members (excludes halogenated alkanes) is 1. The molecule has 2 saturated heterocycles. The molecule has 244 valence electrons. The number of nitrogens with zero attached hydrogens (tertiary/aromatic N) is 4. The van der Waals surface area contributed by atoms with Crippen LogP contribution in [0.15, 0.2) is 24.3 Å². The van der Waals surface area contributed by atoms with Crippen LogP contribution >= 0.6 is 24.8 Å². The molecule has 1 aromatic carbocycles. The van der Waals surface area contributed by atoms with Gasteiger partial charge in [0.05, 0.1) is 22.5 Å². The third kappa shape index (κ3) is 7.09. The molecule has 3 N–H and O–H groups in total. The number of likely N-dealkylation sites (tertiary alicyclic amines) is 1. The molecular formula is C32H47Cl2N5O5. The summed E-state index contributed by atoms with van der Waals surface area (Å²) in [4.78, 5) is 43.1. The van der Waals surface area contributed by atoms with Crippen molar-refractivity contribution in [3.05, 3.63) is 46.8 Å². The lowest BCUT2D eigenvalue weighted by Gasteiger charge is -2.52. The Hall–Kier alpha value is -2.66. The summed E-state index contributed by atoms with van der Waals surface area (Å²) in [5.74, 6) is -1.08. The minimum atomic E-state index is -0.961. The number of nitrogens with one attached hydrogen (secondary N) is 1. The number of piperidine rings is 1. The third-order valence-corrected chi connectivity index (χ3v) is 9.78. The molecule has 2 amide bonds. The van der Waals surface area contributed by atoms with E-state index >= 15 is 0 Å². The summed E-state index contributed by atoms with van der Waals surface area (Å²) in [6.45, 7) is 8.69. The van der Waals surface area contributed by atoms with Crippen LogP contribution in [-0.4, -0.2) is 84.4 Å². The number of aromatic carboxylic acids is 1. The molecule has 1 aromatic heterocycles. The van der Waals surface area contributed by atoms with Gasteiger partial charge in [0.1, 0.15) is 11.6 Å². The second-order valence-corrected chi connectivity index (χ2v) is 12.6. The Morgan fingerprint density at radius 3 is 2.25 bits per heavy atom. The molecule has 3 aliphatic rings. The number of aromatic nitrogens is 2. The normalized spacial score (nSPS) is 21.4. The lowest BCUT2D eigenvalue weighted by molar-refractivity contribution is -0.163. The average Bonchev–Trinajstić information content (AvgIpc) is 3.25. The minimum absolute atomic E-state index is 0. The Kier molecular flexibility index (Phi) is 11.9. The number of hydrogen-bond acceptors (Lipinski definition) is 6. The molecule has 2 aromatic rings. The Morgan fingerprint density at radius 1 is 1.02 bits per heavy atom. The zero-order chi connectivity index (χ0) is 30.1. The van der Waals surface area contributed by atoms with Gasteiger partial charge in [-0.15, -0.1) is 24.8 Å². The molecule has 1 spiro atoms. The summed E-state index contributed by atoms with van der Waals surface area (Å²) in [5, 5.41) is 28.2. The van der Waals surface area contributed by atoms with Crippen molar-refractivity contribution in [2.75, 3.05) is 19.6 Å². The van der Waals surface area contributed by atoms with E-state index in [0.717, 1.165) is 54.7 Å². The molecule has 10 nitrogen and oxygen atoms in total. The Bertz CT molecular complexity index is 1320. The molecule has 0 unspecified atom stereocenters. The Labute approximate surface area is 272 Å². The largest absolute Gasteiger partial charge is 0.478 e. The number of piperazine rings is 1. The van der Waals surface area contributed by atoms with Gasteiger partial charge in [-0.3, -0.25) is 14.5 Å². The van der Waals surface area contributed by atoms with Crippen LogP contribution in [-0.2, 0) is 16.1 Å². The van der Waals surface area contributed by atoms with Crippen molar-refractivity contribution < 1.29 is 24.6 Å². The highest BCUT2D eigenvalue weighted by atomic mass is 35.5. The molecule has 5 rings (SSSR count). The van der Waals surface area contributed by atoms with Crippen molar-refractivity contribution in [2.24, 2.45) is 0 Å². The van der Waals surface area contributed by atoms with E-state index in [-0.39, 0.29) is 42.2 Å². The minimum Gasteiger partial charge on any atom is -0.478 e. The van der Waals surface area contributed by atoms with Crippen LogP contribution in [0.3, 0.4) is 0 Å². The highest BCUT2D eigenvalue weighted by Gasteiger charge is 2.54. The van der Waals surface area contributed by atoms with Crippen LogP contribution in [0.2, 0.25) is 0 Å². The fraction of sp³-hybridized carbons (Fsp3) is 0.625. The van der Waals surface area contributed by atoms with E-state index in [1.54, 1.807) is 24.3 Å². The fourth-order valence-corrected chi connectivity index (χ4v) is 7.15. The van der Waals surface area contributed by atoms with Crippen LogP contribution in [0.1, 0.15) is 98.4 Å². The van der Waals surface area contributed by atoms with Crippen molar-refractivity contribution >= 4 is 42.6 Å². The number of benzene rings is 1. The van der Waals surface area contributed by atoms with Crippen LogP contribution in [0.4, 0.5) is 0 Å². The zero-order valence-corrected chi connectivity index (χ0v) is 27.6. The summed E-state index contributed by atoms with van der Waals surface area (Å²) >= 11 is 0. The molecule has 12 heteroatoms. The van der Waals surface area contributed by atoms with Crippen LogP contribution in [0.25, 0.3) is 5.69 Å². The third-order valence-electron chi connectivity index (χ3n) is 9.78. The molecule has 1 aliphatic carbocycles. The Morgan fingerprint density at radius 2 is 1.66 bits per heavy atom. The number of rotatable bonds is 9. The molecule has 2 aliphatic heterocycles. The number of carboxylic acid groups (broad SMARTS) is 1. The molecule has 0 radical (unpaired) electrons. The van der Waals surface area contributed by atoms with E-state index < -0.39 is 23.2 Å². The van der Waals surface area contributed by atoms with Gasteiger partial charge in [0.25, 0.3) is 0 Å². The first kappa shape index (κ1) is 35.8. The first-order valence-electron chi connectivity index (χ1n) is 15.5. The molecule has 3 fully saturated rings. The van der Waals surface area contributed by atoms with Gasteiger partial charge in [0.2, 0.25) is 11.8 Å². The van der Waals surface area contributed by atoms with E-state index in [0.29, 0.717) is 58.3 Å². The van der Waals surface area contributed by atoms with Crippen LogP contribution in [0, 0.1) is 13.8 Å². The van der Waals surface area contributed by atoms with Gasteiger partial charge >= 0.3 is 5.97 Å². The number of carbonyl (C=O) groups excluding carboxylic acids is 2. The molecular weight excluding hydrogens is 605 g/mol. The van der Waals surface area contributed by atoms with Gasteiger partial charge in [-0.25, -0.2) is 9.48 Å². The highest BCUT2D eigenvalue weighted by molar-refractivity contribution is 6.00. The number of halogens is 2. The number of carbonyl (C=O) groups is 3. The molecule has 1 saturated carbocycles. The van der Waals surface area contributed by atoms with Crippen molar-refractivity contribution in [1.29, 1.82) is 0 Å². The molecule has 3 heterocycles. The van der Waals surface area contributed by atoms with E-state index in [1.165, 1.54) is 0 Å². The Balaban J connectivity index is 0.00000264. The number of carboxylic acids is 1. The molecule has 44 heavy (non-hydrogen) atoms. The van der Waals surface area contributed by atoms with Crippen molar-refractivity contribution in [3.63, 3.8) is 0 Å². The monoisotopic (exact) mass is 651 g/mol. The average molecular weight is 653 g/mol. The van der Waals surface area contributed by atoms with Gasteiger partial charge in [-0.2, -0.15) is 5.10 Å². The number of hydrogen-bond donors (Lipinski definition) is 3. The molecule has 1 atom stereocenters. The summed E-state index contributed by atoms with van der Waals surface area (Å²) in [5.41, 5.74) is 2.32. The van der Waals surface area contributed by atoms with Gasteiger partial charge in [0, 0.05) is 43.9 Å². The van der Waals surface area contributed by atoms with E-state index in [1.807, 2.05) is 23.4 Å². The second-order valence-electron chi connectivity index (χ2n) is 12.6. The standard InChI is InChI=1S/C32H45N5O5.2ClH/c1-4-5-17-36-28(38)27(20-31(42)13-7-6-8-14-31)33-30(41)32(36)15-18-35(19-16-32)21-26-22(2)34-37(23(26)3)25-11-9-24(10-12-25)29(39)40;;/h9-12,27,42H,4-8,13-21H2,1-3H3,(H,33,41)(H,39,40);2*1H/t27-;;/m1../s1. The summed E-state index contributed by atoms with van der Waals surface area (Å²) in [6, 6.07) is 6.03. The summed E-state index contributed by atoms with van der Waals surface area (Å²) in [6.07, 6.45) is 7.59. The van der Waals surface area contributed by atoms with E-state index in [4.69, 9.17) is 5.10 Å². The summed E-state index contributed by atoms with van der Waals surface area (Å²) < 4.78 is 1.85. The molecule has 0 bridgehead atoms. The lowest BCUT2D eigenvalue weighted by Crippen LogP contribution is -2.73. The van der Waals surface area contributed by atoms with Gasteiger partial charge < -0.3 is 20.4 Å². The smallest absolute Gasteiger partial charge is 0.335 e. The second kappa shape index (κ2) is 14.6. The maximum absolute atomic E-state index is 13.9. The SMILES string of the molecule is CCCCN1C(=O)[C@@H](CC2(O)CCCCC2)NC(=O)C12CCN(Cc1c(C)nn(-c3ccc(C(=O)O)cc3)c1C)CC2.Cl.Cl. The van der Waals surface area contributed by atoms with Crippen LogP contribution < -0.4 is 5.32 Å². The van der Waals surface area contributed by atoms with E-state index in [2.05, 4.69) is 17.1 Å². The predicted molar refractivity (Wildman–Crippen MR) is 173 cm³/mol. The number of amides is 2. The maximum Gasteiger partial charge on any atom is 0.335 e. The van der Waals surface area contributed by atoms with Crippen molar-refractivity contribution in [3.8, 4) is 5.69 Å². The van der Waals surface area contributed by atoms with Gasteiger partial charge in [-0.1, -0.05) is 32.6 Å². The number of aryl methyl sites for hydroxylation is 1. The lowest BCUT2D eigenvalue weighted by atomic mass is 9.77. The zero-order valence-electron chi connectivity index (χ0n) is 26.0. The fourth-order valence-electron chi connectivity index (χ4n) is 7.15. The maximum atomic E-state index is 13.9. The predicted octanol–water partition coefficient (Wildman–Crippen LogP) is 4.58.